The number of ether oxygens (including phenoxy) is 2. The molecule has 198 valence electrons. The van der Waals surface area contributed by atoms with Gasteiger partial charge in [-0.3, -0.25) is 14.4 Å². The van der Waals surface area contributed by atoms with E-state index in [1.165, 1.54) is 26.3 Å². The molecule has 0 spiro atoms. The molecule has 0 unspecified atom stereocenters. The molecule has 0 aliphatic carbocycles. The lowest BCUT2D eigenvalue weighted by Crippen LogP contribution is -2.44. The Morgan fingerprint density at radius 3 is 2.05 bits per heavy atom. The Balaban J connectivity index is 1.82. The van der Waals surface area contributed by atoms with Crippen LogP contribution in [0.5, 0.6) is 11.5 Å². The number of hydrazone groups is 1. The van der Waals surface area contributed by atoms with Crippen LogP contribution in [-0.4, -0.2) is 41.6 Å². The normalized spacial score (nSPS) is 11.3. The fraction of sp³-hybridized carbons (Fsp3) is 0.276. The first-order valence-corrected chi connectivity index (χ1v) is 12.2. The number of benzene rings is 2. The van der Waals surface area contributed by atoms with Crippen LogP contribution < -0.4 is 20.2 Å². The maximum atomic E-state index is 13.0. The van der Waals surface area contributed by atoms with Crippen LogP contribution >= 0.6 is 0 Å². The molecule has 0 aliphatic heterocycles. The average molecular weight is 517 g/mol. The van der Waals surface area contributed by atoms with Crippen LogP contribution in [0.4, 0.5) is 0 Å². The van der Waals surface area contributed by atoms with Crippen LogP contribution in [0.3, 0.4) is 0 Å². The van der Waals surface area contributed by atoms with Gasteiger partial charge in [-0.25, -0.2) is 10.4 Å². The van der Waals surface area contributed by atoms with E-state index in [2.05, 4.69) is 20.8 Å². The lowest BCUT2D eigenvalue weighted by Gasteiger charge is -2.16. The summed E-state index contributed by atoms with van der Waals surface area (Å²) in [7, 11) is 1.39. The van der Waals surface area contributed by atoms with Gasteiger partial charge in [0.1, 0.15) is 6.04 Å². The second-order valence-corrected chi connectivity index (χ2v) is 9.14. The molecule has 1 aromatic heterocycles. The fourth-order valence-electron chi connectivity index (χ4n) is 3.49. The quantitative estimate of drug-likeness (QED) is 0.253. The molecule has 1 heterocycles. The molecule has 38 heavy (non-hydrogen) atoms. The minimum absolute atomic E-state index is 0.113. The Bertz CT molecular complexity index is 1320. The third-order valence-electron chi connectivity index (χ3n) is 5.58. The molecule has 3 rings (SSSR count). The highest BCUT2D eigenvalue weighted by Crippen LogP contribution is 2.30. The highest BCUT2D eigenvalue weighted by molar-refractivity contribution is 6.13. The Morgan fingerprint density at radius 1 is 0.921 bits per heavy atom. The van der Waals surface area contributed by atoms with Crippen molar-refractivity contribution in [3.63, 3.8) is 0 Å². The van der Waals surface area contributed by atoms with Gasteiger partial charge in [0.2, 0.25) is 5.75 Å². The van der Waals surface area contributed by atoms with Gasteiger partial charge in [0, 0.05) is 23.4 Å². The zero-order valence-electron chi connectivity index (χ0n) is 22.4. The first-order valence-electron chi connectivity index (χ1n) is 12.2. The van der Waals surface area contributed by atoms with Crippen molar-refractivity contribution in [2.45, 2.75) is 40.7 Å². The second kappa shape index (κ2) is 12.6. The molecule has 0 saturated heterocycles. The van der Waals surface area contributed by atoms with Gasteiger partial charge in [-0.05, 0) is 32.9 Å². The largest absolute Gasteiger partial charge is 0.493 e. The van der Waals surface area contributed by atoms with Crippen molar-refractivity contribution in [3.05, 3.63) is 88.7 Å². The summed E-state index contributed by atoms with van der Waals surface area (Å²) in [5.41, 5.74) is 6.75. The molecule has 3 aromatic rings. The van der Waals surface area contributed by atoms with E-state index in [1.807, 2.05) is 62.4 Å². The standard InChI is InChI=1S/C29H32N4O5/c1-17(2)29(36)38-26-23(37-6)13-14-30-25(26)28(35)31-20(5)27(34)33-32-24(21-11-7-9-18(3)15-21)22-12-8-10-19(4)16-22/h7-17,20H,1-6H3,(H,31,35)(H,33,34)/t20-/m0/s1. The van der Waals surface area contributed by atoms with Gasteiger partial charge < -0.3 is 14.8 Å². The van der Waals surface area contributed by atoms with Crippen molar-refractivity contribution in [2.75, 3.05) is 7.11 Å². The van der Waals surface area contributed by atoms with Gasteiger partial charge in [0.25, 0.3) is 11.8 Å². The van der Waals surface area contributed by atoms with Gasteiger partial charge in [-0.15, -0.1) is 0 Å². The van der Waals surface area contributed by atoms with E-state index in [0.717, 1.165) is 22.3 Å². The van der Waals surface area contributed by atoms with Gasteiger partial charge in [-0.2, -0.15) is 5.10 Å². The maximum absolute atomic E-state index is 13.0. The van der Waals surface area contributed by atoms with Crippen molar-refractivity contribution >= 4 is 23.5 Å². The van der Waals surface area contributed by atoms with Crippen molar-refractivity contribution in [1.29, 1.82) is 0 Å². The fourth-order valence-corrected chi connectivity index (χ4v) is 3.49. The number of hydrogen-bond donors (Lipinski definition) is 2. The number of methoxy groups -OCH3 is 1. The molecule has 2 aromatic carbocycles. The highest BCUT2D eigenvalue weighted by Gasteiger charge is 2.25. The number of amides is 2. The first kappa shape index (κ1) is 28.0. The average Bonchev–Trinajstić information content (AvgIpc) is 2.88. The molecule has 0 bridgehead atoms. The predicted molar refractivity (Wildman–Crippen MR) is 144 cm³/mol. The van der Waals surface area contributed by atoms with E-state index in [0.29, 0.717) is 5.71 Å². The molecule has 0 fully saturated rings. The first-order chi connectivity index (χ1) is 18.1. The number of nitrogens with one attached hydrogen (secondary N) is 2. The lowest BCUT2D eigenvalue weighted by molar-refractivity contribution is -0.137. The van der Waals surface area contributed by atoms with Crippen LogP contribution in [-0.2, 0) is 9.59 Å². The van der Waals surface area contributed by atoms with Gasteiger partial charge >= 0.3 is 5.97 Å². The molecule has 2 N–H and O–H groups in total. The molecule has 2 amide bonds. The Kier molecular flexibility index (Phi) is 9.32. The molecule has 0 saturated carbocycles. The van der Waals surface area contributed by atoms with E-state index < -0.39 is 29.7 Å². The van der Waals surface area contributed by atoms with Crippen molar-refractivity contribution < 1.29 is 23.9 Å². The number of nitrogens with zero attached hydrogens (tertiary/aromatic N) is 2. The Hall–Kier alpha value is -4.53. The number of aromatic nitrogens is 1. The van der Waals surface area contributed by atoms with Crippen LogP contribution in [0, 0.1) is 19.8 Å². The number of esters is 1. The van der Waals surface area contributed by atoms with Gasteiger partial charge in [-0.1, -0.05) is 61.4 Å². The van der Waals surface area contributed by atoms with Crippen LogP contribution in [0.25, 0.3) is 0 Å². The number of pyridine rings is 1. The summed E-state index contributed by atoms with van der Waals surface area (Å²) in [6, 6.07) is 16.1. The second-order valence-electron chi connectivity index (χ2n) is 9.14. The summed E-state index contributed by atoms with van der Waals surface area (Å²) in [6.45, 7) is 8.81. The van der Waals surface area contributed by atoms with E-state index in [1.54, 1.807) is 13.8 Å². The van der Waals surface area contributed by atoms with Crippen LogP contribution in [0.1, 0.15) is 53.5 Å². The topological polar surface area (TPSA) is 119 Å². The summed E-state index contributed by atoms with van der Waals surface area (Å²) in [5, 5.41) is 6.99. The SMILES string of the molecule is COc1ccnc(C(=O)N[C@@H](C)C(=O)NN=C(c2cccc(C)c2)c2cccc(C)c2)c1OC(=O)C(C)C. The molecule has 1 atom stereocenters. The third kappa shape index (κ3) is 7.03. The molecule has 0 radical (unpaired) electrons. The number of carbonyl (C=O) groups is 3. The monoisotopic (exact) mass is 516 g/mol. The minimum atomic E-state index is -0.982. The minimum Gasteiger partial charge on any atom is -0.493 e. The number of rotatable bonds is 9. The third-order valence-corrected chi connectivity index (χ3v) is 5.58. The zero-order valence-corrected chi connectivity index (χ0v) is 22.4. The molecule has 9 heteroatoms. The zero-order chi connectivity index (χ0) is 27.8. The van der Waals surface area contributed by atoms with Crippen LogP contribution in [0.15, 0.2) is 65.9 Å². The smallest absolute Gasteiger partial charge is 0.313 e. The Morgan fingerprint density at radius 2 is 1.53 bits per heavy atom. The highest BCUT2D eigenvalue weighted by atomic mass is 16.6. The Labute approximate surface area is 222 Å². The van der Waals surface area contributed by atoms with Gasteiger partial charge in [0.05, 0.1) is 18.7 Å². The lowest BCUT2D eigenvalue weighted by atomic mass is 9.99. The summed E-state index contributed by atoms with van der Waals surface area (Å²) >= 11 is 0. The van der Waals surface area contributed by atoms with Gasteiger partial charge in [0.15, 0.2) is 11.4 Å². The van der Waals surface area contributed by atoms with Crippen molar-refractivity contribution in [2.24, 2.45) is 11.0 Å². The summed E-state index contributed by atoms with van der Waals surface area (Å²) in [5.74, 6) is -2.18. The predicted octanol–water partition coefficient (Wildman–Crippen LogP) is 3.96. The van der Waals surface area contributed by atoms with Crippen LogP contribution in [0.2, 0.25) is 0 Å². The van der Waals surface area contributed by atoms with E-state index >= 15 is 0 Å². The van der Waals surface area contributed by atoms with Crippen molar-refractivity contribution in [1.82, 2.24) is 15.7 Å². The number of carbonyl (C=O) groups excluding carboxylic acids is 3. The van der Waals surface area contributed by atoms with E-state index in [-0.39, 0.29) is 17.2 Å². The maximum Gasteiger partial charge on any atom is 0.313 e. The number of aryl methyl sites for hydroxylation is 2. The van der Waals surface area contributed by atoms with E-state index in [4.69, 9.17) is 9.47 Å². The summed E-state index contributed by atoms with van der Waals surface area (Å²) in [6.07, 6.45) is 1.35. The number of hydrogen-bond acceptors (Lipinski definition) is 7. The van der Waals surface area contributed by atoms with Crippen molar-refractivity contribution in [3.8, 4) is 11.5 Å². The summed E-state index contributed by atoms with van der Waals surface area (Å²) < 4.78 is 10.6. The molecular formula is C29H32N4O5. The van der Waals surface area contributed by atoms with E-state index in [9.17, 15) is 14.4 Å². The molecular weight excluding hydrogens is 484 g/mol. The molecule has 0 aliphatic rings. The molecule has 9 nitrogen and oxygen atoms in total. The summed E-state index contributed by atoms with van der Waals surface area (Å²) in [4.78, 5) is 42.2.